The zero-order valence-electron chi connectivity index (χ0n) is 20.9. The summed E-state index contributed by atoms with van der Waals surface area (Å²) in [7, 11) is 2.01. The number of nitrogens with one attached hydrogen (secondary N) is 1. The first-order valence-electron chi connectivity index (χ1n) is 12.2. The van der Waals surface area contributed by atoms with Gasteiger partial charge in [-0.15, -0.1) is 0 Å². The van der Waals surface area contributed by atoms with Crippen LogP contribution in [-0.2, 0) is 4.79 Å². The summed E-state index contributed by atoms with van der Waals surface area (Å²) in [5.41, 5.74) is -0.434. The molecule has 1 N–H and O–H groups in total. The molecular formula is C27H50N2O. The normalized spacial score (nSPS) is 13.1. The number of hydrogen-bond donors (Lipinski definition) is 1. The molecule has 0 atom stereocenters. The van der Waals surface area contributed by atoms with E-state index in [0.717, 1.165) is 32.2 Å². The zero-order chi connectivity index (χ0) is 22.7. The van der Waals surface area contributed by atoms with Gasteiger partial charge in [-0.05, 0) is 79.8 Å². The molecule has 0 aliphatic rings. The third kappa shape index (κ3) is 16.6. The molecule has 0 spiro atoms. The molecule has 0 rings (SSSR count). The van der Waals surface area contributed by atoms with Crippen LogP contribution in [-0.4, -0.2) is 42.4 Å². The summed E-state index contributed by atoms with van der Waals surface area (Å²) in [5.74, 6) is 0.274. The Balaban J connectivity index is 3.60. The van der Waals surface area contributed by atoms with Gasteiger partial charge >= 0.3 is 0 Å². The molecule has 0 heterocycles. The monoisotopic (exact) mass is 418 g/mol. The van der Waals surface area contributed by atoms with E-state index in [1.807, 2.05) is 20.9 Å². The van der Waals surface area contributed by atoms with Crippen molar-refractivity contribution in [1.82, 2.24) is 10.2 Å². The lowest BCUT2D eigenvalue weighted by atomic mass is 9.98. The number of likely N-dealkylation sites (N-methyl/N-ethyl adjacent to an activating group) is 1. The average molecular weight is 419 g/mol. The van der Waals surface area contributed by atoms with E-state index >= 15 is 0 Å². The van der Waals surface area contributed by atoms with Crippen LogP contribution in [0.3, 0.4) is 0 Å². The van der Waals surface area contributed by atoms with Crippen LogP contribution in [0.15, 0.2) is 36.5 Å². The number of unbranched alkanes of at least 4 members (excludes halogenated alkanes) is 6. The minimum Gasteiger partial charge on any atom is -0.305 e. The van der Waals surface area contributed by atoms with Gasteiger partial charge in [0.25, 0.3) is 0 Å². The number of carbonyl (C=O) groups excluding carboxylic acids is 1. The number of carbonyl (C=O) groups is 1. The van der Waals surface area contributed by atoms with Gasteiger partial charge in [0, 0.05) is 6.04 Å². The molecule has 0 aliphatic carbocycles. The van der Waals surface area contributed by atoms with Gasteiger partial charge in [-0.1, -0.05) is 69.1 Å². The van der Waals surface area contributed by atoms with Gasteiger partial charge in [0.2, 0.25) is 0 Å². The predicted molar refractivity (Wildman–Crippen MR) is 134 cm³/mol. The molecule has 0 amide bonds. The number of rotatable bonds is 19. The molecular weight excluding hydrogens is 368 g/mol. The molecule has 0 aromatic rings. The molecule has 0 aromatic heterocycles. The Bertz CT molecular complexity index is 503. The van der Waals surface area contributed by atoms with Crippen LogP contribution in [0.25, 0.3) is 0 Å². The van der Waals surface area contributed by atoms with Crippen molar-refractivity contribution in [3.63, 3.8) is 0 Å². The average Bonchev–Trinajstić information content (AvgIpc) is 2.70. The number of nitrogens with zero attached hydrogens (tertiary/aromatic N) is 1. The van der Waals surface area contributed by atoms with E-state index in [9.17, 15) is 4.79 Å². The lowest BCUT2D eigenvalue weighted by Crippen LogP contribution is -2.51. The van der Waals surface area contributed by atoms with Gasteiger partial charge in [-0.2, -0.15) is 0 Å². The van der Waals surface area contributed by atoms with Crippen LogP contribution in [0.2, 0.25) is 0 Å². The van der Waals surface area contributed by atoms with E-state index in [1.54, 1.807) is 0 Å². The number of Topliss-reactive ketones (excluding diaryl/α,β-unsaturated/α-hetero) is 1. The fraction of sp³-hybridized carbons (Fsp3) is 0.741. The second-order valence-electron chi connectivity index (χ2n) is 9.19. The lowest BCUT2D eigenvalue weighted by Gasteiger charge is -2.29. The highest BCUT2D eigenvalue weighted by atomic mass is 16.1. The Labute approximate surface area is 188 Å². The Morgan fingerprint density at radius 2 is 1.40 bits per heavy atom. The Kier molecular flexibility index (Phi) is 17.8. The highest BCUT2D eigenvalue weighted by Gasteiger charge is 2.27. The van der Waals surface area contributed by atoms with Gasteiger partial charge in [-0.3, -0.25) is 9.69 Å². The minimum atomic E-state index is -0.434. The SMILES string of the molecule is CC/C=C\C/C=C\C/C=C\CCCCCCCCNC(C)(C)C(=O)CN(C)C(C)C. The number of hydrogen-bond acceptors (Lipinski definition) is 3. The van der Waals surface area contributed by atoms with Crippen molar-refractivity contribution in [2.45, 2.75) is 110 Å². The van der Waals surface area contributed by atoms with Crippen LogP contribution in [0.5, 0.6) is 0 Å². The topological polar surface area (TPSA) is 32.3 Å². The second-order valence-corrected chi connectivity index (χ2v) is 9.19. The Morgan fingerprint density at radius 1 is 0.867 bits per heavy atom. The quantitative estimate of drug-likeness (QED) is 0.184. The van der Waals surface area contributed by atoms with E-state index < -0.39 is 5.54 Å². The zero-order valence-corrected chi connectivity index (χ0v) is 20.9. The van der Waals surface area contributed by atoms with Crippen molar-refractivity contribution in [2.75, 3.05) is 20.1 Å². The van der Waals surface area contributed by atoms with Crippen molar-refractivity contribution < 1.29 is 4.79 Å². The van der Waals surface area contributed by atoms with E-state index in [0.29, 0.717) is 12.6 Å². The Morgan fingerprint density at radius 3 is 2.00 bits per heavy atom. The highest BCUT2D eigenvalue weighted by Crippen LogP contribution is 2.10. The van der Waals surface area contributed by atoms with Crippen molar-refractivity contribution >= 4 is 5.78 Å². The molecule has 0 bridgehead atoms. The van der Waals surface area contributed by atoms with Crippen LogP contribution in [0.4, 0.5) is 0 Å². The van der Waals surface area contributed by atoms with Gasteiger partial charge < -0.3 is 5.32 Å². The minimum absolute atomic E-state index is 0.274. The third-order valence-corrected chi connectivity index (χ3v) is 5.62. The van der Waals surface area contributed by atoms with Gasteiger partial charge in [0.15, 0.2) is 5.78 Å². The highest BCUT2D eigenvalue weighted by molar-refractivity contribution is 5.89. The van der Waals surface area contributed by atoms with Crippen LogP contribution < -0.4 is 5.32 Å². The summed E-state index contributed by atoms with van der Waals surface area (Å²) in [6.45, 7) is 11.9. The van der Waals surface area contributed by atoms with E-state index in [4.69, 9.17) is 0 Å². The molecule has 3 nitrogen and oxygen atoms in total. The summed E-state index contributed by atoms with van der Waals surface area (Å²) in [5, 5.41) is 3.46. The first kappa shape index (κ1) is 28.8. The Hall–Kier alpha value is -1.19. The van der Waals surface area contributed by atoms with Crippen molar-refractivity contribution in [2.24, 2.45) is 0 Å². The molecule has 0 unspecified atom stereocenters. The summed E-state index contributed by atoms with van der Waals surface area (Å²) in [4.78, 5) is 14.6. The number of ketones is 1. The van der Waals surface area contributed by atoms with Crippen LogP contribution in [0, 0.1) is 0 Å². The summed E-state index contributed by atoms with van der Waals surface area (Å²) in [6, 6.07) is 0.398. The summed E-state index contributed by atoms with van der Waals surface area (Å²) in [6.07, 6.45) is 25.6. The molecule has 174 valence electrons. The molecule has 3 heteroatoms. The molecule has 0 radical (unpaired) electrons. The molecule has 0 aliphatic heterocycles. The van der Waals surface area contributed by atoms with Crippen LogP contribution >= 0.6 is 0 Å². The van der Waals surface area contributed by atoms with E-state index in [2.05, 4.69) is 67.4 Å². The maximum atomic E-state index is 12.5. The van der Waals surface area contributed by atoms with E-state index in [1.165, 1.54) is 38.5 Å². The molecule has 30 heavy (non-hydrogen) atoms. The van der Waals surface area contributed by atoms with Gasteiger partial charge in [-0.25, -0.2) is 0 Å². The fourth-order valence-electron chi connectivity index (χ4n) is 3.03. The first-order chi connectivity index (χ1) is 14.3. The molecule has 0 aromatic carbocycles. The van der Waals surface area contributed by atoms with Crippen LogP contribution in [0.1, 0.15) is 98.8 Å². The van der Waals surface area contributed by atoms with Crippen molar-refractivity contribution in [3.8, 4) is 0 Å². The fourth-order valence-corrected chi connectivity index (χ4v) is 3.03. The van der Waals surface area contributed by atoms with E-state index in [-0.39, 0.29) is 5.78 Å². The number of allylic oxidation sites excluding steroid dienone is 6. The third-order valence-electron chi connectivity index (χ3n) is 5.62. The summed E-state index contributed by atoms with van der Waals surface area (Å²) < 4.78 is 0. The smallest absolute Gasteiger partial charge is 0.166 e. The first-order valence-corrected chi connectivity index (χ1v) is 12.2. The lowest BCUT2D eigenvalue weighted by molar-refractivity contribution is -0.125. The maximum Gasteiger partial charge on any atom is 0.166 e. The predicted octanol–water partition coefficient (Wildman–Crippen LogP) is 6.85. The van der Waals surface area contributed by atoms with Crippen molar-refractivity contribution in [1.29, 1.82) is 0 Å². The largest absolute Gasteiger partial charge is 0.305 e. The van der Waals surface area contributed by atoms with Gasteiger partial charge in [0.05, 0.1) is 12.1 Å². The maximum absolute atomic E-state index is 12.5. The van der Waals surface area contributed by atoms with Crippen molar-refractivity contribution in [3.05, 3.63) is 36.5 Å². The molecule has 0 saturated carbocycles. The molecule has 0 fully saturated rings. The molecule has 0 saturated heterocycles. The standard InChI is InChI=1S/C27H50N2O/c1-7-8-9-10-11-12-13-14-15-16-17-18-19-20-21-22-23-28-27(4,5)26(30)24-29(6)25(2)3/h8-9,11-12,14-15,25,28H,7,10,13,16-24H2,1-6H3/b9-8-,12-11-,15-14-. The summed E-state index contributed by atoms with van der Waals surface area (Å²) >= 11 is 0. The van der Waals surface area contributed by atoms with Gasteiger partial charge in [0.1, 0.15) is 0 Å². The second kappa shape index (κ2) is 18.6.